The largest absolute Gasteiger partial charge is 0.360 e. The topological polar surface area (TPSA) is 84.2 Å². The van der Waals surface area contributed by atoms with E-state index in [0.717, 1.165) is 0 Å². The minimum Gasteiger partial charge on any atom is -0.360 e. The van der Waals surface area contributed by atoms with Crippen molar-refractivity contribution >= 4 is 29.4 Å². The van der Waals surface area contributed by atoms with Crippen LogP contribution in [0.3, 0.4) is 0 Å². The predicted octanol–water partition coefficient (Wildman–Crippen LogP) is 2.60. The Morgan fingerprint density at radius 1 is 1.35 bits per heavy atom. The molecule has 2 amide bonds. The normalized spacial score (nSPS) is 15.1. The standard InChI is InChI=1S/C16H25N3O3S/c1-11-7-13(19-22-11)18-15(21)9-23-8-14(20)17-10-16(2,3)12-5-4-6-12/h7,12H,4-6,8-10H2,1-3H3,(H,17,20)(H,18,19,21). The van der Waals surface area contributed by atoms with Crippen LogP contribution in [0.25, 0.3) is 0 Å². The fourth-order valence-electron chi connectivity index (χ4n) is 2.55. The summed E-state index contributed by atoms with van der Waals surface area (Å²) in [5, 5.41) is 9.30. The summed E-state index contributed by atoms with van der Waals surface area (Å²) in [5.74, 6) is 2.05. The molecule has 0 atom stereocenters. The molecule has 0 radical (unpaired) electrons. The molecule has 1 fully saturated rings. The zero-order valence-corrected chi connectivity index (χ0v) is 14.8. The van der Waals surface area contributed by atoms with Gasteiger partial charge in [-0.1, -0.05) is 25.4 Å². The van der Waals surface area contributed by atoms with E-state index in [9.17, 15) is 9.59 Å². The van der Waals surface area contributed by atoms with E-state index in [0.29, 0.717) is 24.0 Å². The van der Waals surface area contributed by atoms with E-state index in [2.05, 4.69) is 29.6 Å². The summed E-state index contributed by atoms with van der Waals surface area (Å²) in [5.41, 5.74) is 0.154. The van der Waals surface area contributed by atoms with Crippen LogP contribution in [0, 0.1) is 18.3 Å². The highest BCUT2D eigenvalue weighted by atomic mass is 32.2. The molecular weight excluding hydrogens is 314 g/mol. The number of carbonyl (C=O) groups is 2. The molecule has 0 aromatic carbocycles. The average molecular weight is 339 g/mol. The molecule has 2 N–H and O–H groups in total. The Kier molecular flexibility index (Phi) is 6.10. The Morgan fingerprint density at radius 3 is 2.61 bits per heavy atom. The van der Waals surface area contributed by atoms with Gasteiger partial charge in [-0.05, 0) is 31.1 Å². The summed E-state index contributed by atoms with van der Waals surface area (Å²) in [6, 6.07) is 1.65. The van der Waals surface area contributed by atoms with Crippen LogP contribution in [-0.4, -0.2) is 35.0 Å². The van der Waals surface area contributed by atoms with Gasteiger partial charge in [0, 0.05) is 12.6 Å². The minimum absolute atomic E-state index is 0.0209. The quantitative estimate of drug-likeness (QED) is 0.760. The van der Waals surface area contributed by atoms with Gasteiger partial charge in [0.05, 0.1) is 11.5 Å². The second-order valence-corrected chi connectivity index (χ2v) is 7.74. The number of aryl methyl sites for hydroxylation is 1. The van der Waals surface area contributed by atoms with Gasteiger partial charge in [-0.3, -0.25) is 9.59 Å². The van der Waals surface area contributed by atoms with Crippen molar-refractivity contribution in [1.29, 1.82) is 0 Å². The highest BCUT2D eigenvalue weighted by Gasteiger charge is 2.33. The smallest absolute Gasteiger partial charge is 0.235 e. The highest BCUT2D eigenvalue weighted by Crippen LogP contribution is 2.41. The van der Waals surface area contributed by atoms with E-state index in [1.807, 2.05) is 0 Å². The number of hydrogen-bond acceptors (Lipinski definition) is 5. The van der Waals surface area contributed by atoms with Crippen LogP contribution in [0.5, 0.6) is 0 Å². The average Bonchev–Trinajstić information content (AvgIpc) is 2.79. The Morgan fingerprint density at radius 2 is 2.04 bits per heavy atom. The lowest BCUT2D eigenvalue weighted by Gasteiger charge is -2.40. The first-order chi connectivity index (χ1) is 10.9. The van der Waals surface area contributed by atoms with Crippen LogP contribution in [0.1, 0.15) is 38.9 Å². The lowest BCUT2D eigenvalue weighted by Crippen LogP contribution is -2.41. The molecule has 0 saturated heterocycles. The number of rotatable bonds is 8. The van der Waals surface area contributed by atoms with Crippen molar-refractivity contribution in [3.05, 3.63) is 11.8 Å². The number of nitrogens with one attached hydrogen (secondary N) is 2. The molecule has 2 rings (SSSR count). The number of thioether (sulfide) groups is 1. The molecular formula is C16H25N3O3S. The van der Waals surface area contributed by atoms with Gasteiger partial charge in [-0.2, -0.15) is 0 Å². The van der Waals surface area contributed by atoms with Gasteiger partial charge in [0.2, 0.25) is 11.8 Å². The van der Waals surface area contributed by atoms with Crippen LogP contribution in [0.4, 0.5) is 5.82 Å². The first-order valence-corrected chi connectivity index (χ1v) is 9.10. The summed E-state index contributed by atoms with van der Waals surface area (Å²) >= 11 is 1.29. The van der Waals surface area contributed by atoms with E-state index >= 15 is 0 Å². The maximum Gasteiger partial charge on any atom is 0.235 e. The van der Waals surface area contributed by atoms with Crippen molar-refractivity contribution in [3.8, 4) is 0 Å². The molecule has 1 aliphatic carbocycles. The lowest BCUT2D eigenvalue weighted by molar-refractivity contribution is -0.119. The Balaban J connectivity index is 1.59. The molecule has 1 aliphatic rings. The third-order valence-corrected chi connectivity index (χ3v) is 5.25. The van der Waals surface area contributed by atoms with Crippen molar-refractivity contribution in [2.24, 2.45) is 11.3 Å². The van der Waals surface area contributed by atoms with Crippen LogP contribution < -0.4 is 10.6 Å². The van der Waals surface area contributed by atoms with E-state index in [1.54, 1.807) is 13.0 Å². The number of hydrogen-bond donors (Lipinski definition) is 2. The van der Waals surface area contributed by atoms with Crippen molar-refractivity contribution in [2.45, 2.75) is 40.0 Å². The van der Waals surface area contributed by atoms with Gasteiger partial charge >= 0.3 is 0 Å². The van der Waals surface area contributed by atoms with E-state index < -0.39 is 0 Å². The van der Waals surface area contributed by atoms with Crippen LogP contribution in [-0.2, 0) is 9.59 Å². The summed E-state index contributed by atoms with van der Waals surface area (Å²) in [6.07, 6.45) is 3.83. The predicted molar refractivity (Wildman–Crippen MR) is 91.3 cm³/mol. The molecule has 0 aliphatic heterocycles. The monoisotopic (exact) mass is 339 g/mol. The third kappa shape index (κ3) is 5.57. The van der Waals surface area contributed by atoms with Gasteiger partial charge in [-0.15, -0.1) is 11.8 Å². The molecule has 128 valence electrons. The molecule has 1 aromatic heterocycles. The van der Waals surface area contributed by atoms with Gasteiger partial charge in [0.15, 0.2) is 5.82 Å². The van der Waals surface area contributed by atoms with Gasteiger partial charge in [0.1, 0.15) is 5.76 Å². The summed E-state index contributed by atoms with van der Waals surface area (Å²) in [6.45, 7) is 6.86. The van der Waals surface area contributed by atoms with Crippen LogP contribution in [0.15, 0.2) is 10.6 Å². The molecule has 1 heterocycles. The van der Waals surface area contributed by atoms with Crippen molar-refractivity contribution < 1.29 is 14.1 Å². The highest BCUT2D eigenvalue weighted by molar-refractivity contribution is 8.00. The molecule has 1 aromatic rings. The Hall–Kier alpha value is -1.50. The summed E-state index contributed by atoms with van der Waals surface area (Å²) < 4.78 is 4.87. The number of anilines is 1. The molecule has 0 spiro atoms. The molecule has 0 unspecified atom stereocenters. The zero-order valence-electron chi connectivity index (χ0n) is 14.0. The second-order valence-electron chi connectivity index (χ2n) is 6.76. The zero-order chi connectivity index (χ0) is 16.9. The maximum atomic E-state index is 11.9. The van der Waals surface area contributed by atoms with Crippen molar-refractivity contribution in [3.63, 3.8) is 0 Å². The maximum absolute atomic E-state index is 11.9. The number of carbonyl (C=O) groups excluding carboxylic acids is 2. The number of aromatic nitrogens is 1. The molecule has 23 heavy (non-hydrogen) atoms. The number of amides is 2. The van der Waals surface area contributed by atoms with Crippen LogP contribution >= 0.6 is 11.8 Å². The fourth-order valence-corrected chi connectivity index (χ4v) is 3.20. The van der Waals surface area contributed by atoms with Gasteiger partial charge < -0.3 is 15.2 Å². The summed E-state index contributed by atoms with van der Waals surface area (Å²) in [4.78, 5) is 23.6. The SMILES string of the molecule is Cc1cc(NC(=O)CSCC(=O)NCC(C)(C)C2CCC2)no1. The Labute approximate surface area is 141 Å². The third-order valence-electron chi connectivity index (χ3n) is 4.31. The Bertz CT molecular complexity index is 553. The first-order valence-electron chi connectivity index (χ1n) is 7.94. The first kappa shape index (κ1) is 17.8. The van der Waals surface area contributed by atoms with Crippen LogP contribution in [0.2, 0.25) is 0 Å². The lowest BCUT2D eigenvalue weighted by atomic mass is 9.67. The van der Waals surface area contributed by atoms with Gasteiger partial charge in [0.25, 0.3) is 0 Å². The summed E-state index contributed by atoms with van der Waals surface area (Å²) in [7, 11) is 0. The molecule has 0 bridgehead atoms. The van der Waals surface area contributed by atoms with Gasteiger partial charge in [-0.25, -0.2) is 0 Å². The van der Waals surface area contributed by atoms with E-state index in [1.165, 1.54) is 31.0 Å². The minimum atomic E-state index is -0.189. The molecule has 6 nitrogen and oxygen atoms in total. The molecule has 7 heteroatoms. The van der Waals surface area contributed by atoms with E-state index in [-0.39, 0.29) is 28.7 Å². The fraction of sp³-hybridized carbons (Fsp3) is 0.688. The molecule has 1 saturated carbocycles. The second kappa shape index (κ2) is 7.86. The van der Waals surface area contributed by atoms with Crippen molar-refractivity contribution in [1.82, 2.24) is 10.5 Å². The van der Waals surface area contributed by atoms with E-state index in [4.69, 9.17) is 4.52 Å². The number of nitrogens with zero attached hydrogens (tertiary/aromatic N) is 1. The van der Waals surface area contributed by atoms with Crippen molar-refractivity contribution in [2.75, 3.05) is 23.4 Å².